The van der Waals surface area contributed by atoms with E-state index in [9.17, 15) is 8.78 Å². The molecule has 3 rings (SSSR count). The summed E-state index contributed by atoms with van der Waals surface area (Å²) in [4.78, 5) is 2.41. The van der Waals surface area contributed by atoms with E-state index in [1.807, 2.05) is 0 Å². The summed E-state index contributed by atoms with van der Waals surface area (Å²) in [5, 5.41) is 0. The summed E-state index contributed by atoms with van der Waals surface area (Å²) in [5.74, 6) is -0.546. The molecule has 0 atom stereocenters. The molecule has 0 unspecified atom stereocenters. The number of likely N-dealkylation sites (tertiary alicyclic amines) is 1. The fourth-order valence-electron chi connectivity index (χ4n) is 3.14. The Labute approximate surface area is 142 Å². The Balaban J connectivity index is 1.69. The number of halogens is 2. The number of hydrogen-bond donors (Lipinski definition) is 0. The van der Waals surface area contributed by atoms with E-state index in [0.717, 1.165) is 30.8 Å². The Kier molecular flexibility index (Phi) is 5.94. The molecule has 0 N–H and O–H groups in total. The van der Waals surface area contributed by atoms with Crippen molar-refractivity contribution in [1.82, 2.24) is 4.90 Å². The zero-order valence-electron chi connectivity index (χ0n) is 13.8. The first-order valence-corrected chi connectivity index (χ1v) is 8.57. The van der Waals surface area contributed by atoms with Crippen molar-refractivity contribution in [2.24, 2.45) is 0 Å². The Morgan fingerprint density at radius 1 is 0.792 bits per heavy atom. The minimum absolute atomic E-state index is 0.273. The van der Waals surface area contributed by atoms with Gasteiger partial charge in [0.2, 0.25) is 0 Å². The summed E-state index contributed by atoms with van der Waals surface area (Å²) in [6.07, 6.45) is 3.50. The molecular formula is C20H23F2NO. The van der Waals surface area contributed by atoms with Crippen molar-refractivity contribution in [1.29, 1.82) is 0 Å². The van der Waals surface area contributed by atoms with Gasteiger partial charge in [-0.15, -0.1) is 0 Å². The Hall–Kier alpha value is -1.78. The molecule has 1 fully saturated rings. The SMILES string of the molecule is Fc1ccc(C(OCCN2CCCCC2)c2ccc(F)cc2)cc1. The lowest BCUT2D eigenvalue weighted by atomic mass is 10.0. The van der Waals surface area contributed by atoms with Gasteiger partial charge < -0.3 is 9.64 Å². The van der Waals surface area contributed by atoms with Crippen molar-refractivity contribution in [2.45, 2.75) is 25.4 Å². The van der Waals surface area contributed by atoms with Crippen LogP contribution in [0.15, 0.2) is 48.5 Å². The molecule has 0 aromatic heterocycles. The van der Waals surface area contributed by atoms with Crippen molar-refractivity contribution in [3.63, 3.8) is 0 Å². The highest BCUT2D eigenvalue weighted by molar-refractivity contribution is 5.30. The van der Waals surface area contributed by atoms with Gasteiger partial charge >= 0.3 is 0 Å². The summed E-state index contributed by atoms with van der Waals surface area (Å²) in [6.45, 7) is 3.74. The summed E-state index contributed by atoms with van der Waals surface area (Å²) >= 11 is 0. The molecule has 0 saturated carbocycles. The van der Waals surface area contributed by atoms with Crippen molar-refractivity contribution >= 4 is 0 Å². The zero-order chi connectivity index (χ0) is 16.8. The summed E-state index contributed by atoms with van der Waals surface area (Å²) in [6, 6.07) is 12.6. The largest absolute Gasteiger partial charge is 0.367 e. The van der Waals surface area contributed by atoms with E-state index < -0.39 is 0 Å². The van der Waals surface area contributed by atoms with Crippen molar-refractivity contribution in [3.8, 4) is 0 Å². The number of benzene rings is 2. The Morgan fingerprint density at radius 3 is 1.79 bits per heavy atom. The highest BCUT2D eigenvalue weighted by Gasteiger charge is 2.16. The topological polar surface area (TPSA) is 12.5 Å². The first-order chi connectivity index (χ1) is 11.7. The lowest BCUT2D eigenvalue weighted by molar-refractivity contribution is 0.0557. The standard InChI is InChI=1S/C20H23F2NO/c21-18-8-4-16(5-9-18)20(17-6-10-19(22)11-7-17)24-15-14-23-12-2-1-3-13-23/h4-11,20H,1-3,12-15H2. The van der Waals surface area contributed by atoms with Gasteiger partial charge in [0.1, 0.15) is 17.7 Å². The minimum atomic E-state index is -0.309. The number of nitrogens with zero attached hydrogens (tertiary/aromatic N) is 1. The smallest absolute Gasteiger partial charge is 0.123 e. The van der Waals surface area contributed by atoms with Gasteiger partial charge in [0, 0.05) is 6.54 Å². The van der Waals surface area contributed by atoms with Gasteiger partial charge in [-0.1, -0.05) is 30.7 Å². The second kappa shape index (κ2) is 8.36. The lowest BCUT2D eigenvalue weighted by Gasteiger charge is -2.27. The van der Waals surface area contributed by atoms with E-state index in [2.05, 4.69) is 4.90 Å². The third-order valence-electron chi connectivity index (χ3n) is 4.49. The van der Waals surface area contributed by atoms with Gasteiger partial charge in [0.05, 0.1) is 6.61 Å². The molecule has 1 aliphatic heterocycles. The van der Waals surface area contributed by atoms with Crippen molar-refractivity contribution in [2.75, 3.05) is 26.2 Å². The molecule has 1 aliphatic rings. The molecule has 4 heteroatoms. The van der Waals surface area contributed by atoms with Crippen LogP contribution in [-0.2, 0) is 4.74 Å². The molecule has 2 nitrogen and oxygen atoms in total. The van der Waals surface area contributed by atoms with E-state index >= 15 is 0 Å². The quantitative estimate of drug-likeness (QED) is 0.769. The van der Waals surface area contributed by atoms with Crippen LogP contribution in [0.4, 0.5) is 8.78 Å². The number of piperidine rings is 1. The van der Waals surface area contributed by atoms with Crippen LogP contribution in [0.2, 0.25) is 0 Å². The Bertz CT molecular complexity index is 576. The zero-order valence-corrected chi connectivity index (χ0v) is 13.8. The van der Waals surface area contributed by atoms with Crippen molar-refractivity contribution in [3.05, 3.63) is 71.3 Å². The Morgan fingerprint density at radius 2 is 1.29 bits per heavy atom. The molecule has 0 aliphatic carbocycles. The summed E-state index contributed by atoms with van der Waals surface area (Å²) in [7, 11) is 0. The maximum absolute atomic E-state index is 13.2. The van der Waals surface area contributed by atoms with E-state index in [4.69, 9.17) is 4.74 Å². The highest BCUT2D eigenvalue weighted by atomic mass is 19.1. The number of rotatable bonds is 6. The lowest BCUT2D eigenvalue weighted by Crippen LogP contribution is -2.33. The predicted octanol–water partition coefficient (Wildman–Crippen LogP) is 4.56. The van der Waals surface area contributed by atoms with Crippen LogP contribution in [0.3, 0.4) is 0 Å². The van der Waals surface area contributed by atoms with Crippen molar-refractivity contribution < 1.29 is 13.5 Å². The van der Waals surface area contributed by atoms with Gasteiger partial charge in [-0.3, -0.25) is 0 Å². The normalized spacial score (nSPS) is 15.8. The third-order valence-corrected chi connectivity index (χ3v) is 4.49. The average Bonchev–Trinajstić information content (AvgIpc) is 2.62. The summed E-state index contributed by atoms with van der Waals surface area (Å²) in [5.41, 5.74) is 1.75. The van der Waals surface area contributed by atoms with Gasteiger partial charge in [-0.05, 0) is 61.3 Å². The van der Waals surface area contributed by atoms with E-state index in [1.54, 1.807) is 24.3 Å². The monoisotopic (exact) mass is 331 g/mol. The van der Waals surface area contributed by atoms with Crippen LogP contribution < -0.4 is 0 Å². The van der Waals surface area contributed by atoms with Gasteiger partial charge in [0.15, 0.2) is 0 Å². The molecule has 0 spiro atoms. The molecule has 1 heterocycles. The van der Waals surface area contributed by atoms with E-state index in [1.165, 1.54) is 43.5 Å². The second-order valence-electron chi connectivity index (χ2n) is 6.26. The van der Waals surface area contributed by atoms with Crippen LogP contribution in [0.5, 0.6) is 0 Å². The van der Waals surface area contributed by atoms with E-state index in [-0.39, 0.29) is 17.7 Å². The summed E-state index contributed by atoms with van der Waals surface area (Å²) < 4.78 is 32.5. The van der Waals surface area contributed by atoms with E-state index in [0.29, 0.717) is 6.61 Å². The molecular weight excluding hydrogens is 308 g/mol. The van der Waals surface area contributed by atoms with Crippen LogP contribution in [0.1, 0.15) is 36.5 Å². The molecule has 24 heavy (non-hydrogen) atoms. The van der Waals surface area contributed by atoms with Crippen LogP contribution in [0.25, 0.3) is 0 Å². The molecule has 128 valence electrons. The van der Waals surface area contributed by atoms with Gasteiger partial charge in [-0.2, -0.15) is 0 Å². The number of hydrogen-bond acceptors (Lipinski definition) is 2. The van der Waals surface area contributed by atoms with Gasteiger partial charge in [0.25, 0.3) is 0 Å². The fourth-order valence-corrected chi connectivity index (χ4v) is 3.14. The van der Waals surface area contributed by atoms with Crippen LogP contribution in [0, 0.1) is 11.6 Å². The molecule has 0 radical (unpaired) electrons. The predicted molar refractivity (Wildman–Crippen MR) is 90.9 cm³/mol. The van der Waals surface area contributed by atoms with Gasteiger partial charge in [-0.25, -0.2) is 8.78 Å². The average molecular weight is 331 g/mol. The van der Waals surface area contributed by atoms with Crippen LogP contribution >= 0.6 is 0 Å². The second-order valence-corrected chi connectivity index (χ2v) is 6.26. The third kappa shape index (κ3) is 4.62. The minimum Gasteiger partial charge on any atom is -0.367 e. The van der Waals surface area contributed by atoms with Crippen LogP contribution in [-0.4, -0.2) is 31.1 Å². The fraction of sp³-hybridized carbons (Fsp3) is 0.400. The highest BCUT2D eigenvalue weighted by Crippen LogP contribution is 2.26. The molecule has 0 amide bonds. The maximum atomic E-state index is 13.2. The number of ether oxygens (including phenoxy) is 1. The molecule has 2 aromatic rings. The molecule has 0 bridgehead atoms. The first kappa shape index (κ1) is 17.1. The first-order valence-electron chi connectivity index (χ1n) is 8.57. The molecule has 1 saturated heterocycles. The maximum Gasteiger partial charge on any atom is 0.123 e. The molecule has 2 aromatic carbocycles.